The van der Waals surface area contributed by atoms with Crippen LogP contribution in [0.4, 0.5) is 0 Å². The van der Waals surface area contributed by atoms with Crippen molar-refractivity contribution in [1.29, 1.82) is 0 Å². The van der Waals surface area contributed by atoms with Crippen molar-refractivity contribution in [3.05, 3.63) is 24.8 Å². The van der Waals surface area contributed by atoms with Gasteiger partial charge < -0.3 is 5.11 Å². The lowest BCUT2D eigenvalue weighted by molar-refractivity contribution is 0.229. The fourth-order valence-electron chi connectivity index (χ4n) is 0.648. The van der Waals surface area contributed by atoms with Crippen LogP contribution in [0.5, 0.6) is 0 Å². The van der Waals surface area contributed by atoms with Crippen molar-refractivity contribution in [2.75, 3.05) is 0 Å². The maximum absolute atomic E-state index is 9.25. The molecule has 64 valence electrons. The molecule has 0 saturated heterocycles. The quantitative estimate of drug-likeness (QED) is 0.502. The molecule has 0 unspecified atom stereocenters. The van der Waals surface area contributed by atoms with E-state index in [1.165, 1.54) is 6.08 Å². The first-order valence-electron chi connectivity index (χ1n) is 3.83. The van der Waals surface area contributed by atoms with Crippen LogP contribution in [0.25, 0.3) is 0 Å². The topological polar surface area (TPSA) is 20.2 Å². The van der Waals surface area contributed by atoms with Crippen LogP contribution in [0.1, 0.15) is 19.8 Å². The van der Waals surface area contributed by atoms with Crippen LogP contribution in [0, 0.1) is 0 Å². The molecule has 1 N–H and O–H groups in total. The molecule has 0 aromatic rings. The largest absolute Gasteiger partial charge is 0.387 e. The number of unbranched alkanes of at least 4 members (excludes halogenated alkanes) is 1. The van der Waals surface area contributed by atoms with E-state index in [0.717, 1.165) is 12.8 Å². The lowest BCUT2D eigenvalue weighted by Gasteiger charge is -2.07. The predicted octanol–water partition coefficient (Wildman–Crippen LogP) is 2.50. The van der Waals surface area contributed by atoms with E-state index < -0.39 is 6.10 Å². The maximum Gasteiger partial charge on any atom is 0.0919 e. The molecule has 0 aliphatic heterocycles. The maximum atomic E-state index is 9.25. The average molecular weight is 175 g/mol. The van der Waals surface area contributed by atoms with Gasteiger partial charge in [0.15, 0.2) is 0 Å². The smallest absolute Gasteiger partial charge is 0.0919 e. The van der Waals surface area contributed by atoms with Gasteiger partial charge in [-0.1, -0.05) is 31.6 Å². The van der Waals surface area contributed by atoms with Gasteiger partial charge in [0.1, 0.15) is 0 Å². The first-order chi connectivity index (χ1) is 5.22. The zero-order valence-electron chi connectivity index (χ0n) is 6.83. The van der Waals surface area contributed by atoms with Gasteiger partial charge in [-0.25, -0.2) is 0 Å². The van der Waals surface area contributed by atoms with Crippen LogP contribution in [-0.2, 0) is 0 Å². The van der Waals surface area contributed by atoms with Gasteiger partial charge in [0, 0.05) is 0 Å². The Morgan fingerprint density at radius 3 is 2.73 bits per heavy atom. The third kappa shape index (κ3) is 5.05. The standard InChI is InChI=1S/C9H15ClO/c1-3-5-6-7-9(11)8(10)4-2/h4,6-9,11H,2-3,5H2,1H3/b7-6+/t8-,9-/m1/s1. The summed E-state index contributed by atoms with van der Waals surface area (Å²) in [4.78, 5) is 0. The van der Waals surface area contributed by atoms with Gasteiger partial charge in [-0.3, -0.25) is 0 Å². The van der Waals surface area contributed by atoms with E-state index in [0.29, 0.717) is 0 Å². The van der Waals surface area contributed by atoms with Crippen LogP contribution in [-0.4, -0.2) is 16.6 Å². The van der Waals surface area contributed by atoms with E-state index in [2.05, 4.69) is 13.5 Å². The van der Waals surface area contributed by atoms with Crippen molar-refractivity contribution in [3.8, 4) is 0 Å². The van der Waals surface area contributed by atoms with Gasteiger partial charge in [0.25, 0.3) is 0 Å². The number of hydrogen-bond donors (Lipinski definition) is 1. The summed E-state index contributed by atoms with van der Waals surface area (Å²) < 4.78 is 0. The molecule has 0 aliphatic rings. The Kier molecular flexibility index (Phi) is 6.28. The number of halogens is 1. The Bertz CT molecular complexity index is 132. The number of aliphatic hydroxyl groups excluding tert-OH is 1. The van der Waals surface area contributed by atoms with Crippen molar-refractivity contribution in [1.82, 2.24) is 0 Å². The number of aliphatic hydroxyl groups is 1. The molecule has 0 spiro atoms. The first-order valence-corrected chi connectivity index (χ1v) is 4.27. The number of allylic oxidation sites excluding steroid dienone is 1. The third-order valence-electron chi connectivity index (χ3n) is 1.34. The van der Waals surface area contributed by atoms with Gasteiger partial charge in [-0.2, -0.15) is 0 Å². The van der Waals surface area contributed by atoms with E-state index in [-0.39, 0.29) is 5.38 Å². The number of rotatable bonds is 5. The van der Waals surface area contributed by atoms with E-state index in [1.807, 2.05) is 6.08 Å². The Morgan fingerprint density at radius 2 is 2.27 bits per heavy atom. The molecule has 2 heteroatoms. The molecule has 1 nitrogen and oxygen atoms in total. The second-order valence-electron chi connectivity index (χ2n) is 2.39. The summed E-state index contributed by atoms with van der Waals surface area (Å²) in [6, 6.07) is 0. The van der Waals surface area contributed by atoms with Crippen molar-refractivity contribution in [3.63, 3.8) is 0 Å². The van der Waals surface area contributed by atoms with Crippen LogP contribution >= 0.6 is 11.6 Å². The molecule has 0 saturated carbocycles. The minimum Gasteiger partial charge on any atom is -0.387 e. The van der Waals surface area contributed by atoms with Gasteiger partial charge in [-0.15, -0.1) is 18.2 Å². The second-order valence-corrected chi connectivity index (χ2v) is 2.89. The molecule has 0 fully saturated rings. The van der Waals surface area contributed by atoms with Gasteiger partial charge in [0.05, 0.1) is 11.5 Å². The van der Waals surface area contributed by atoms with Crippen LogP contribution < -0.4 is 0 Å². The highest BCUT2D eigenvalue weighted by Crippen LogP contribution is 2.05. The van der Waals surface area contributed by atoms with Crippen LogP contribution in [0.3, 0.4) is 0 Å². The van der Waals surface area contributed by atoms with Gasteiger partial charge in [-0.05, 0) is 6.42 Å². The third-order valence-corrected chi connectivity index (χ3v) is 1.78. The zero-order chi connectivity index (χ0) is 8.69. The number of hydrogen-bond acceptors (Lipinski definition) is 1. The molecule has 0 heterocycles. The van der Waals surface area contributed by atoms with E-state index in [1.54, 1.807) is 6.08 Å². The van der Waals surface area contributed by atoms with E-state index >= 15 is 0 Å². The van der Waals surface area contributed by atoms with Crippen molar-refractivity contribution >= 4 is 11.6 Å². The summed E-state index contributed by atoms with van der Waals surface area (Å²) in [6.07, 6.45) is 6.65. The van der Waals surface area contributed by atoms with Gasteiger partial charge in [0.2, 0.25) is 0 Å². The molecule has 0 bridgehead atoms. The highest BCUT2D eigenvalue weighted by molar-refractivity contribution is 6.22. The molecule has 0 aliphatic carbocycles. The molecule has 0 aromatic carbocycles. The van der Waals surface area contributed by atoms with Crippen molar-refractivity contribution < 1.29 is 5.11 Å². The molecule has 0 amide bonds. The highest BCUT2D eigenvalue weighted by atomic mass is 35.5. The van der Waals surface area contributed by atoms with Crippen LogP contribution in [0.2, 0.25) is 0 Å². The summed E-state index contributed by atoms with van der Waals surface area (Å²) in [7, 11) is 0. The predicted molar refractivity (Wildman–Crippen MR) is 49.9 cm³/mol. The monoisotopic (exact) mass is 174 g/mol. The minimum absolute atomic E-state index is 0.372. The molecule has 0 rings (SSSR count). The summed E-state index contributed by atoms with van der Waals surface area (Å²) in [6.45, 7) is 5.57. The average Bonchev–Trinajstić information content (AvgIpc) is 2.03. The molecule has 11 heavy (non-hydrogen) atoms. The minimum atomic E-state index is -0.597. The summed E-state index contributed by atoms with van der Waals surface area (Å²) in [5.74, 6) is 0. The molecule has 0 radical (unpaired) electrons. The first kappa shape index (κ1) is 10.7. The number of alkyl halides is 1. The molecule has 2 atom stereocenters. The summed E-state index contributed by atoms with van der Waals surface area (Å²) in [5.41, 5.74) is 0. The molecular weight excluding hydrogens is 160 g/mol. The zero-order valence-corrected chi connectivity index (χ0v) is 7.59. The van der Waals surface area contributed by atoms with E-state index in [4.69, 9.17) is 11.6 Å². The Hall–Kier alpha value is -0.270. The summed E-state index contributed by atoms with van der Waals surface area (Å²) in [5, 5.41) is 8.88. The normalized spacial score (nSPS) is 16.6. The lowest BCUT2D eigenvalue weighted by atomic mass is 10.2. The van der Waals surface area contributed by atoms with Crippen LogP contribution in [0.15, 0.2) is 24.8 Å². The highest BCUT2D eigenvalue weighted by Gasteiger charge is 2.07. The Labute approximate surface area is 73.4 Å². The van der Waals surface area contributed by atoms with Gasteiger partial charge >= 0.3 is 0 Å². The fourth-order valence-corrected chi connectivity index (χ4v) is 0.732. The Morgan fingerprint density at radius 1 is 1.64 bits per heavy atom. The molecule has 0 aromatic heterocycles. The lowest BCUT2D eigenvalue weighted by Crippen LogP contribution is -2.14. The van der Waals surface area contributed by atoms with Crippen molar-refractivity contribution in [2.24, 2.45) is 0 Å². The Balaban J connectivity index is 3.65. The molecular formula is C9H15ClO. The SMILES string of the molecule is C=C[C@@H](Cl)[C@H](O)/C=C/CCC. The van der Waals surface area contributed by atoms with Crippen molar-refractivity contribution in [2.45, 2.75) is 31.2 Å². The summed E-state index contributed by atoms with van der Waals surface area (Å²) >= 11 is 5.68. The fraction of sp³-hybridized carbons (Fsp3) is 0.556. The second kappa shape index (κ2) is 6.44. The van der Waals surface area contributed by atoms with E-state index in [9.17, 15) is 5.11 Å².